The van der Waals surface area contributed by atoms with E-state index >= 15 is 0 Å². The maximum Gasteiger partial charge on any atom is 0.410 e. The largest absolute Gasteiger partial charge is 0.444 e. The SMILES string of the molecule is CN(C)C(=O)C1CCCCCC1N1CCN(C(=O)OC(C)(C)C)CC1. The van der Waals surface area contributed by atoms with Crippen LogP contribution in [-0.4, -0.2) is 78.6 Å². The molecule has 1 aliphatic heterocycles. The number of amides is 2. The minimum absolute atomic E-state index is 0.0885. The first-order chi connectivity index (χ1) is 11.7. The lowest BCUT2D eigenvalue weighted by atomic mass is 9.91. The number of ether oxygens (including phenoxy) is 1. The summed E-state index contributed by atoms with van der Waals surface area (Å²) in [5.41, 5.74) is -0.460. The summed E-state index contributed by atoms with van der Waals surface area (Å²) in [6.45, 7) is 8.67. The molecule has 0 N–H and O–H groups in total. The molecule has 0 radical (unpaired) electrons. The van der Waals surface area contributed by atoms with Crippen molar-refractivity contribution in [3.8, 4) is 0 Å². The van der Waals surface area contributed by atoms with Gasteiger partial charge in [-0.1, -0.05) is 19.3 Å². The highest BCUT2D eigenvalue weighted by Crippen LogP contribution is 2.29. The molecule has 1 heterocycles. The standard InChI is InChI=1S/C19H35N3O3/c1-19(2,3)25-18(24)22-13-11-21(12-14-22)16-10-8-6-7-9-15(16)17(23)20(4)5/h15-16H,6-14H2,1-5H3. The smallest absolute Gasteiger partial charge is 0.410 e. The molecule has 2 rings (SSSR count). The van der Waals surface area contributed by atoms with Gasteiger partial charge in [-0.05, 0) is 33.6 Å². The van der Waals surface area contributed by atoms with E-state index in [1.807, 2.05) is 34.9 Å². The van der Waals surface area contributed by atoms with Gasteiger partial charge in [-0.2, -0.15) is 0 Å². The van der Waals surface area contributed by atoms with Crippen LogP contribution >= 0.6 is 0 Å². The van der Waals surface area contributed by atoms with Crippen LogP contribution < -0.4 is 0 Å². The second-order valence-corrected chi connectivity index (χ2v) is 8.55. The second-order valence-electron chi connectivity index (χ2n) is 8.55. The lowest BCUT2D eigenvalue weighted by Gasteiger charge is -2.42. The summed E-state index contributed by atoms with van der Waals surface area (Å²) < 4.78 is 5.48. The number of piperazine rings is 1. The highest BCUT2D eigenvalue weighted by molar-refractivity contribution is 5.79. The third-order valence-electron chi connectivity index (χ3n) is 5.17. The molecule has 25 heavy (non-hydrogen) atoms. The first kappa shape index (κ1) is 20.0. The third kappa shape index (κ3) is 5.59. The van der Waals surface area contributed by atoms with E-state index in [4.69, 9.17) is 4.74 Å². The van der Waals surface area contributed by atoms with E-state index in [-0.39, 0.29) is 17.9 Å². The maximum absolute atomic E-state index is 12.6. The van der Waals surface area contributed by atoms with E-state index < -0.39 is 5.60 Å². The maximum atomic E-state index is 12.6. The van der Waals surface area contributed by atoms with Crippen LogP contribution in [0.1, 0.15) is 52.9 Å². The van der Waals surface area contributed by atoms with E-state index in [1.54, 1.807) is 9.80 Å². The van der Waals surface area contributed by atoms with Gasteiger partial charge in [-0.3, -0.25) is 9.69 Å². The van der Waals surface area contributed by atoms with Crippen LogP contribution in [0.25, 0.3) is 0 Å². The van der Waals surface area contributed by atoms with Gasteiger partial charge in [0.05, 0.1) is 5.92 Å². The van der Waals surface area contributed by atoms with Crippen molar-refractivity contribution in [1.82, 2.24) is 14.7 Å². The molecule has 0 aromatic carbocycles. The van der Waals surface area contributed by atoms with Crippen molar-refractivity contribution in [2.24, 2.45) is 5.92 Å². The number of carbonyl (C=O) groups is 2. The summed E-state index contributed by atoms with van der Waals surface area (Å²) in [4.78, 5) is 30.8. The zero-order valence-electron chi connectivity index (χ0n) is 16.6. The lowest BCUT2D eigenvalue weighted by molar-refractivity contribution is -0.136. The number of rotatable bonds is 2. The van der Waals surface area contributed by atoms with Gasteiger partial charge in [-0.25, -0.2) is 4.79 Å². The molecule has 2 amide bonds. The number of carbonyl (C=O) groups excluding carboxylic acids is 2. The van der Waals surface area contributed by atoms with Crippen molar-refractivity contribution >= 4 is 12.0 Å². The Hall–Kier alpha value is -1.30. The summed E-state index contributed by atoms with van der Waals surface area (Å²) in [5.74, 6) is 0.340. The van der Waals surface area contributed by atoms with Crippen LogP contribution in [-0.2, 0) is 9.53 Å². The number of hydrogen-bond donors (Lipinski definition) is 0. The Morgan fingerprint density at radius 3 is 2.12 bits per heavy atom. The zero-order chi connectivity index (χ0) is 18.6. The summed E-state index contributed by atoms with van der Waals surface area (Å²) >= 11 is 0. The van der Waals surface area contributed by atoms with Gasteiger partial charge in [0.15, 0.2) is 0 Å². The van der Waals surface area contributed by atoms with E-state index in [2.05, 4.69) is 4.90 Å². The minimum atomic E-state index is -0.460. The fraction of sp³-hybridized carbons (Fsp3) is 0.895. The van der Waals surface area contributed by atoms with Crippen molar-refractivity contribution in [3.05, 3.63) is 0 Å². The molecule has 2 fully saturated rings. The van der Waals surface area contributed by atoms with Gasteiger partial charge in [-0.15, -0.1) is 0 Å². The molecular formula is C19H35N3O3. The Labute approximate surface area is 152 Å². The van der Waals surface area contributed by atoms with Gasteiger partial charge >= 0.3 is 6.09 Å². The molecule has 0 bridgehead atoms. The zero-order valence-corrected chi connectivity index (χ0v) is 16.6. The second kappa shape index (κ2) is 8.39. The average molecular weight is 354 g/mol. The Balaban J connectivity index is 1.97. The van der Waals surface area contributed by atoms with Gasteiger partial charge in [0.25, 0.3) is 0 Å². The molecule has 1 aliphatic carbocycles. The quantitative estimate of drug-likeness (QED) is 0.716. The number of hydrogen-bond acceptors (Lipinski definition) is 4. The summed E-state index contributed by atoms with van der Waals surface area (Å²) in [6.07, 6.45) is 5.37. The van der Waals surface area contributed by atoms with Gasteiger partial charge in [0.1, 0.15) is 5.60 Å². The highest BCUT2D eigenvalue weighted by atomic mass is 16.6. The monoisotopic (exact) mass is 353 g/mol. The molecular weight excluding hydrogens is 318 g/mol. The molecule has 1 saturated heterocycles. The summed E-state index contributed by atoms with van der Waals surface area (Å²) in [5, 5.41) is 0. The molecule has 2 unspecified atom stereocenters. The fourth-order valence-electron chi connectivity index (χ4n) is 3.91. The van der Waals surface area contributed by atoms with Crippen LogP contribution in [0.5, 0.6) is 0 Å². The third-order valence-corrected chi connectivity index (χ3v) is 5.17. The molecule has 0 spiro atoms. The molecule has 2 atom stereocenters. The Kier molecular flexibility index (Phi) is 6.72. The van der Waals surface area contributed by atoms with Crippen molar-refractivity contribution in [2.45, 2.75) is 64.5 Å². The average Bonchev–Trinajstić information content (AvgIpc) is 2.78. The molecule has 144 valence electrons. The van der Waals surface area contributed by atoms with E-state index in [0.29, 0.717) is 19.1 Å². The van der Waals surface area contributed by atoms with Crippen LogP contribution in [0, 0.1) is 5.92 Å². The highest BCUT2D eigenvalue weighted by Gasteiger charge is 2.36. The van der Waals surface area contributed by atoms with Crippen molar-refractivity contribution in [3.63, 3.8) is 0 Å². The Morgan fingerprint density at radius 1 is 0.960 bits per heavy atom. The molecule has 0 aromatic rings. The van der Waals surface area contributed by atoms with E-state index in [9.17, 15) is 9.59 Å². The fourth-order valence-corrected chi connectivity index (χ4v) is 3.91. The number of nitrogens with zero attached hydrogens (tertiary/aromatic N) is 3. The van der Waals surface area contributed by atoms with Gasteiger partial charge in [0, 0.05) is 46.3 Å². The Morgan fingerprint density at radius 2 is 1.56 bits per heavy atom. The first-order valence-electron chi connectivity index (χ1n) is 9.62. The summed E-state index contributed by atoms with van der Waals surface area (Å²) in [6, 6.07) is 0.304. The van der Waals surface area contributed by atoms with Crippen molar-refractivity contribution in [1.29, 1.82) is 0 Å². The predicted octanol–water partition coefficient (Wildman–Crippen LogP) is 2.58. The van der Waals surface area contributed by atoms with Crippen LogP contribution in [0.3, 0.4) is 0 Å². The Bertz CT molecular complexity index is 465. The minimum Gasteiger partial charge on any atom is -0.444 e. The topological polar surface area (TPSA) is 53.1 Å². The van der Waals surface area contributed by atoms with Crippen LogP contribution in [0.15, 0.2) is 0 Å². The summed E-state index contributed by atoms with van der Waals surface area (Å²) in [7, 11) is 3.70. The van der Waals surface area contributed by atoms with Crippen molar-refractivity contribution in [2.75, 3.05) is 40.3 Å². The molecule has 0 aromatic heterocycles. The van der Waals surface area contributed by atoms with Gasteiger partial charge < -0.3 is 14.5 Å². The van der Waals surface area contributed by atoms with E-state index in [0.717, 1.165) is 32.4 Å². The van der Waals surface area contributed by atoms with E-state index in [1.165, 1.54) is 12.8 Å². The van der Waals surface area contributed by atoms with Crippen LogP contribution in [0.4, 0.5) is 4.79 Å². The molecule has 1 saturated carbocycles. The molecule has 6 heteroatoms. The van der Waals surface area contributed by atoms with Crippen molar-refractivity contribution < 1.29 is 14.3 Å². The first-order valence-corrected chi connectivity index (χ1v) is 9.62. The lowest BCUT2D eigenvalue weighted by Crippen LogP contribution is -2.55. The van der Waals surface area contributed by atoms with Gasteiger partial charge in [0.2, 0.25) is 5.91 Å². The molecule has 2 aliphatic rings. The predicted molar refractivity (Wildman–Crippen MR) is 98.4 cm³/mol. The van der Waals surface area contributed by atoms with Crippen LogP contribution in [0.2, 0.25) is 0 Å². The molecule has 6 nitrogen and oxygen atoms in total. The normalized spacial score (nSPS) is 26.0.